The van der Waals surface area contributed by atoms with Gasteiger partial charge >= 0.3 is 0 Å². The van der Waals surface area contributed by atoms with Crippen LogP contribution in [0.25, 0.3) is 0 Å². The van der Waals surface area contributed by atoms with Gasteiger partial charge in [-0.05, 0) is 45.6 Å². The molecule has 1 aliphatic carbocycles. The molecule has 2 bridgehead atoms. The first-order valence-corrected chi connectivity index (χ1v) is 7.76. The standard InChI is InChI=1S/C14H23N3OS/c1-17-10-3-2-4-11(17)8-9(7-10)16-13(18)14(5-6-14)12(15)19/h9-11H,2-8H2,1H3,(H2,15,19)(H,16,18). The van der Waals surface area contributed by atoms with Gasteiger partial charge in [0.2, 0.25) is 5.91 Å². The normalized spacial score (nSPS) is 36.6. The molecule has 106 valence electrons. The molecular formula is C14H23N3OS. The first-order chi connectivity index (χ1) is 9.03. The molecule has 1 amide bonds. The molecule has 0 radical (unpaired) electrons. The summed E-state index contributed by atoms with van der Waals surface area (Å²) in [5.41, 5.74) is 5.21. The highest BCUT2D eigenvalue weighted by Crippen LogP contribution is 2.46. The summed E-state index contributed by atoms with van der Waals surface area (Å²) in [6.45, 7) is 0. The van der Waals surface area contributed by atoms with Crippen molar-refractivity contribution in [1.82, 2.24) is 10.2 Å². The Morgan fingerprint density at radius 1 is 1.32 bits per heavy atom. The van der Waals surface area contributed by atoms with Crippen LogP contribution in [0.15, 0.2) is 0 Å². The minimum Gasteiger partial charge on any atom is -0.392 e. The van der Waals surface area contributed by atoms with Gasteiger partial charge in [-0.3, -0.25) is 4.79 Å². The average Bonchev–Trinajstić information content (AvgIpc) is 3.11. The van der Waals surface area contributed by atoms with Crippen LogP contribution in [0, 0.1) is 5.41 Å². The van der Waals surface area contributed by atoms with Crippen LogP contribution in [0.3, 0.4) is 0 Å². The second kappa shape index (κ2) is 4.70. The monoisotopic (exact) mass is 281 g/mol. The molecule has 2 saturated heterocycles. The van der Waals surface area contributed by atoms with Gasteiger partial charge in [-0.15, -0.1) is 0 Å². The molecule has 0 spiro atoms. The quantitative estimate of drug-likeness (QED) is 0.763. The van der Waals surface area contributed by atoms with Gasteiger partial charge < -0.3 is 16.0 Å². The van der Waals surface area contributed by atoms with Gasteiger partial charge in [0.1, 0.15) is 0 Å². The van der Waals surface area contributed by atoms with Crippen LogP contribution in [0.5, 0.6) is 0 Å². The summed E-state index contributed by atoms with van der Waals surface area (Å²) in [6.07, 6.45) is 7.66. The van der Waals surface area contributed by atoms with Gasteiger partial charge in [-0.1, -0.05) is 18.6 Å². The number of rotatable bonds is 3. The van der Waals surface area contributed by atoms with Gasteiger partial charge in [0.25, 0.3) is 0 Å². The Bertz CT molecular complexity index is 393. The summed E-state index contributed by atoms with van der Waals surface area (Å²) < 4.78 is 0. The molecule has 2 atom stereocenters. The Balaban J connectivity index is 1.62. The van der Waals surface area contributed by atoms with Crippen LogP contribution < -0.4 is 11.1 Å². The predicted molar refractivity (Wildman–Crippen MR) is 78.8 cm³/mol. The second-order valence-electron chi connectivity index (χ2n) is 6.49. The topological polar surface area (TPSA) is 58.4 Å². The molecule has 2 heterocycles. The Kier molecular flexibility index (Phi) is 3.29. The van der Waals surface area contributed by atoms with E-state index in [-0.39, 0.29) is 5.91 Å². The molecule has 0 aromatic heterocycles. The highest BCUT2D eigenvalue weighted by Gasteiger charge is 2.53. The molecule has 3 N–H and O–H groups in total. The number of nitrogens with one attached hydrogen (secondary N) is 1. The van der Waals surface area contributed by atoms with Crippen molar-refractivity contribution in [2.75, 3.05) is 7.05 Å². The minimum atomic E-state index is -0.506. The number of fused-ring (bicyclic) bond motifs is 2. The van der Waals surface area contributed by atoms with E-state index in [1.807, 2.05) is 0 Å². The average molecular weight is 281 g/mol. The first-order valence-electron chi connectivity index (χ1n) is 7.36. The van der Waals surface area contributed by atoms with Crippen molar-refractivity contribution < 1.29 is 4.79 Å². The number of piperidine rings is 2. The van der Waals surface area contributed by atoms with E-state index in [9.17, 15) is 4.79 Å². The van der Waals surface area contributed by atoms with E-state index in [1.165, 1.54) is 19.3 Å². The second-order valence-corrected chi connectivity index (χ2v) is 6.93. The Morgan fingerprint density at radius 3 is 2.37 bits per heavy atom. The molecule has 0 aromatic rings. The van der Waals surface area contributed by atoms with Crippen LogP contribution in [-0.2, 0) is 4.79 Å². The van der Waals surface area contributed by atoms with Crippen LogP contribution in [0.2, 0.25) is 0 Å². The molecule has 1 saturated carbocycles. The number of nitrogens with zero attached hydrogens (tertiary/aromatic N) is 1. The van der Waals surface area contributed by atoms with Crippen LogP contribution in [-0.4, -0.2) is 41.0 Å². The van der Waals surface area contributed by atoms with Crippen molar-refractivity contribution >= 4 is 23.1 Å². The lowest BCUT2D eigenvalue weighted by Gasteiger charge is -2.47. The Labute approximate surface area is 120 Å². The highest BCUT2D eigenvalue weighted by atomic mass is 32.1. The largest absolute Gasteiger partial charge is 0.392 e. The van der Waals surface area contributed by atoms with Crippen molar-refractivity contribution in [2.45, 2.75) is 63.1 Å². The number of carbonyl (C=O) groups is 1. The van der Waals surface area contributed by atoms with Gasteiger partial charge in [0, 0.05) is 18.1 Å². The van der Waals surface area contributed by atoms with Crippen LogP contribution in [0.4, 0.5) is 0 Å². The number of thiocarbonyl (C=S) groups is 1. The van der Waals surface area contributed by atoms with E-state index < -0.39 is 5.41 Å². The zero-order chi connectivity index (χ0) is 13.6. The summed E-state index contributed by atoms with van der Waals surface area (Å²) >= 11 is 5.05. The summed E-state index contributed by atoms with van der Waals surface area (Å²) in [6, 6.07) is 1.58. The van der Waals surface area contributed by atoms with E-state index in [4.69, 9.17) is 18.0 Å². The van der Waals surface area contributed by atoms with Crippen molar-refractivity contribution in [3.63, 3.8) is 0 Å². The maximum Gasteiger partial charge on any atom is 0.233 e. The molecule has 5 heteroatoms. The molecule has 2 unspecified atom stereocenters. The zero-order valence-corrected chi connectivity index (χ0v) is 12.3. The number of amides is 1. The first kappa shape index (κ1) is 13.3. The molecular weight excluding hydrogens is 258 g/mol. The van der Waals surface area contributed by atoms with Crippen LogP contribution >= 0.6 is 12.2 Å². The maximum absolute atomic E-state index is 12.3. The lowest BCUT2D eigenvalue weighted by Crippen LogP contribution is -2.56. The third kappa shape index (κ3) is 2.27. The molecule has 3 fully saturated rings. The van der Waals surface area contributed by atoms with Crippen molar-refractivity contribution in [3.05, 3.63) is 0 Å². The van der Waals surface area contributed by atoms with E-state index >= 15 is 0 Å². The van der Waals surface area contributed by atoms with Gasteiger partial charge in [-0.2, -0.15) is 0 Å². The SMILES string of the molecule is CN1C2CCCC1CC(NC(=O)C1(C(N)=S)CC1)C2. The van der Waals surface area contributed by atoms with Crippen molar-refractivity contribution in [3.8, 4) is 0 Å². The highest BCUT2D eigenvalue weighted by molar-refractivity contribution is 7.80. The summed E-state index contributed by atoms with van der Waals surface area (Å²) in [7, 11) is 2.23. The molecule has 19 heavy (non-hydrogen) atoms. The molecule has 3 rings (SSSR count). The van der Waals surface area contributed by atoms with Crippen LogP contribution in [0.1, 0.15) is 44.9 Å². The molecule has 3 aliphatic rings. The Hall–Kier alpha value is -0.680. The number of hydrogen-bond acceptors (Lipinski definition) is 3. The maximum atomic E-state index is 12.3. The van der Waals surface area contributed by atoms with Gasteiger partial charge in [-0.25, -0.2) is 0 Å². The predicted octanol–water partition coefficient (Wildman–Crippen LogP) is 1.18. The minimum absolute atomic E-state index is 0.0765. The van der Waals surface area contributed by atoms with Gasteiger partial charge in [0.05, 0.1) is 10.4 Å². The van der Waals surface area contributed by atoms with E-state index in [2.05, 4.69) is 17.3 Å². The molecule has 0 aromatic carbocycles. The molecule has 2 aliphatic heterocycles. The third-order valence-corrected chi connectivity index (χ3v) is 5.72. The Morgan fingerprint density at radius 2 is 1.89 bits per heavy atom. The fourth-order valence-electron chi connectivity index (χ4n) is 3.77. The number of carbonyl (C=O) groups excluding carboxylic acids is 1. The van der Waals surface area contributed by atoms with E-state index in [1.54, 1.807) is 0 Å². The third-order valence-electron chi connectivity index (χ3n) is 5.33. The van der Waals surface area contributed by atoms with Gasteiger partial charge in [0.15, 0.2) is 0 Å². The lowest BCUT2D eigenvalue weighted by molar-refractivity contribution is -0.125. The fraction of sp³-hybridized carbons (Fsp3) is 0.857. The summed E-state index contributed by atoms with van der Waals surface area (Å²) in [5, 5.41) is 3.22. The summed E-state index contributed by atoms with van der Waals surface area (Å²) in [4.78, 5) is 15.2. The number of hydrogen-bond donors (Lipinski definition) is 2. The molecule has 4 nitrogen and oxygen atoms in total. The fourth-order valence-corrected chi connectivity index (χ4v) is 4.06. The lowest BCUT2D eigenvalue weighted by atomic mass is 9.82. The zero-order valence-electron chi connectivity index (χ0n) is 11.5. The van der Waals surface area contributed by atoms with Crippen molar-refractivity contribution in [2.24, 2.45) is 11.1 Å². The van der Waals surface area contributed by atoms with E-state index in [0.29, 0.717) is 23.1 Å². The summed E-state index contributed by atoms with van der Waals surface area (Å²) in [5.74, 6) is 0.0765. The smallest absolute Gasteiger partial charge is 0.233 e. The van der Waals surface area contributed by atoms with Crippen molar-refractivity contribution in [1.29, 1.82) is 0 Å². The number of nitrogens with two attached hydrogens (primary N) is 1. The van der Waals surface area contributed by atoms with E-state index in [0.717, 1.165) is 25.7 Å².